The number of hydrogen-bond acceptors (Lipinski definition) is 3. The number of hydrogen-bond donors (Lipinski definition) is 1. The van der Waals surface area contributed by atoms with Crippen LogP contribution in [0.1, 0.15) is 30.5 Å². The number of amides is 1. The zero-order chi connectivity index (χ0) is 14.7. The highest BCUT2D eigenvalue weighted by Crippen LogP contribution is 2.37. The highest BCUT2D eigenvalue weighted by molar-refractivity contribution is 5.77. The van der Waals surface area contributed by atoms with Gasteiger partial charge in [-0.25, -0.2) is 4.79 Å². The molecular formula is C15H17NO4. The second-order valence-corrected chi connectivity index (χ2v) is 4.62. The average Bonchev–Trinajstić information content (AvgIpc) is 2.47. The number of ether oxygens (including phenoxy) is 1. The number of carboxylic acids is 1. The van der Waals surface area contributed by atoms with E-state index in [1.165, 1.54) is 12.0 Å². The molecule has 2 atom stereocenters. The predicted octanol–water partition coefficient (Wildman–Crippen LogP) is 2.89. The van der Waals surface area contributed by atoms with Crippen LogP contribution in [0.25, 0.3) is 6.08 Å². The van der Waals surface area contributed by atoms with Gasteiger partial charge in [-0.1, -0.05) is 31.2 Å². The normalized spacial score (nSPS) is 18.3. The molecule has 0 spiro atoms. The van der Waals surface area contributed by atoms with E-state index in [0.717, 1.165) is 11.1 Å². The molecule has 1 aromatic rings. The zero-order valence-corrected chi connectivity index (χ0v) is 11.4. The number of carboxylic acid groups (broad SMARTS) is 1. The molecule has 0 aromatic heterocycles. The van der Waals surface area contributed by atoms with E-state index in [1.807, 2.05) is 24.3 Å². The molecule has 0 fully saturated rings. The lowest BCUT2D eigenvalue weighted by atomic mass is 9.85. The van der Waals surface area contributed by atoms with Crippen molar-refractivity contribution in [2.75, 3.05) is 7.11 Å². The van der Waals surface area contributed by atoms with Crippen molar-refractivity contribution in [3.8, 4) is 0 Å². The summed E-state index contributed by atoms with van der Waals surface area (Å²) in [7, 11) is 1.29. The molecule has 0 saturated carbocycles. The first-order valence-corrected chi connectivity index (χ1v) is 6.46. The molecule has 106 valence electrons. The van der Waals surface area contributed by atoms with Gasteiger partial charge in [0.1, 0.15) is 0 Å². The van der Waals surface area contributed by atoms with E-state index in [9.17, 15) is 14.7 Å². The number of rotatable bonds is 3. The van der Waals surface area contributed by atoms with Crippen molar-refractivity contribution in [2.45, 2.75) is 19.4 Å². The summed E-state index contributed by atoms with van der Waals surface area (Å²) in [6.45, 7) is 1.80. The Bertz CT molecular complexity index is 553. The van der Waals surface area contributed by atoms with Gasteiger partial charge in [-0.05, 0) is 23.6 Å². The van der Waals surface area contributed by atoms with Gasteiger partial charge >= 0.3 is 12.1 Å². The van der Waals surface area contributed by atoms with Crippen LogP contribution in [0.3, 0.4) is 0 Å². The third kappa shape index (κ3) is 2.39. The van der Waals surface area contributed by atoms with E-state index in [0.29, 0.717) is 6.42 Å². The molecule has 0 radical (unpaired) electrons. The fraction of sp³-hybridized carbons (Fsp3) is 0.333. The van der Waals surface area contributed by atoms with Crippen LogP contribution in [0.4, 0.5) is 4.79 Å². The van der Waals surface area contributed by atoms with Crippen molar-refractivity contribution in [3.05, 3.63) is 41.6 Å². The highest BCUT2D eigenvalue weighted by atomic mass is 16.5. The third-order valence-electron chi connectivity index (χ3n) is 3.55. The van der Waals surface area contributed by atoms with Crippen molar-refractivity contribution < 1.29 is 19.4 Å². The maximum Gasteiger partial charge on any atom is 0.414 e. The van der Waals surface area contributed by atoms with Crippen LogP contribution in [0, 0.1) is 5.92 Å². The molecule has 1 N–H and O–H groups in total. The summed E-state index contributed by atoms with van der Waals surface area (Å²) in [6.07, 6.45) is 3.25. The van der Waals surface area contributed by atoms with E-state index in [2.05, 4.69) is 0 Å². The second kappa shape index (κ2) is 5.77. The minimum atomic E-state index is -0.920. The molecule has 5 heteroatoms. The van der Waals surface area contributed by atoms with Crippen LogP contribution in [0.5, 0.6) is 0 Å². The first-order valence-electron chi connectivity index (χ1n) is 6.46. The molecule has 20 heavy (non-hydrogen) atoms. The Hall–Kier alpha value is -2.30. The number of aliphatic carboxylic acids is 1. The van der Waals surface area contributed by atoms with Crippen molar-refractivity contribution in [3.63, 3.8) is 0 Å². The number of nitrogens with zero attached hydrogens (tertiary/aromatic N) is 1. The van der Waals surface area contributed by atoms with E-state index in [1.54, 1.807) is 19.2 Å². The van der Waals surface area contributed by atoms with Gasteiger partial charge in [0.15, 0.2) is 0 Å². The number of carbonyl (C=O) groups excluding carboxylic acids is 1. The Morgan fingerprint density at radius 1 is 1.40 bits per heavy atom. The number of benzene rings is 1. The molecule has 5 nitrogen and oxygen atoms in total. The van der Waals surface area contributed by atoms with Crippen LogP contribution in [0.2, 0.25) is 0 Å². The molecule has 0 bridgehead atoms. The Balaban J connectivity index is 2.52. The quantitative estimate of drug-likeness (QED) is 0.921. The lowest BCUT2D eigenvalue weighted by Gasteiger charge is -2.35. The monoisotopic (exact) mass is 275 g/mol. The van der Waals surface area contributed by atoms with Crippen LogP contribution < -0.4 is 0 Å². The summed E-state index contributed by atoms with van der Waals surface area (Å²) in [5, 5.41) is 9.42. The topological polar surface area (TPSA) is 66.8 Å². The van der Waals surface area contributed by atoms with Gasteiger partial charge in [-0.3, -0.25) is 9.69 Å². The van der Waals surface area contributed by atoms with Gasteiger partial charge < -0.3 is 9.84 Å². The standard InChI is InChI=1S/C15H17NO4/c1-3-11(14(17)18)13-12-7-5-4-6-10(12)8-9-16(13)15(19)20-2/h4-9,11,13H,3H2,1-2H3,(H,17,18). The average molecular weight is 275 g/mol. The van der Waals surface area contributed by atoms with E-state index < -0.39 is 24.0 Å². The number of carbonyl (C=O) groups is 2. The summed E-state index contributed by atoms with van der Waals surface area (Å²) in [5.74, 6) is -1.60. The predicted molar refractivity (Wildman–Crippen MR) is 73.9 cm³/mol. The smallest absolute Gasteiger partial charge is 0.414 e. The van der Waals surface area contributed by atoms with E-state index in [4.69, 9.17) is 4.74 Å². The Morgan fingerprint density at radius 3 is 2.70 bits per heavy atom. The fourth-order valence-corrected chi connectivity index (χ4v) is 2.56. The molecule has 2 rings (SSSR count). The molecular weight excluding hydrogens is 258 g/mol. The fourth-order valence-electron chi connectivity index (χ4n) is 2.56. The minimum Gasteiger partial charge on any atom is -0.481 e. The maximum absolute atomic E-state index is 11.9. The molecule has 2 unspecified atom stereocenters. The zero-order valence-electron chi connectivity index (χ0n) is 11.4. The van der Waals surface area contributed by atoms with Crippen molar-refractivity contribution in [2.24, 2.45) is 5.92 Å². The van der Waals surface area contributed by atoms with Crippen LogP contribution in [-0.2, 0) is 9.53 Å². The Labute approximate surface area is 117 Å². The van der Waals surface area contributed by atoms with Gasteiger partial charge in [-0.15, -0.1) is 0 Å². The van der Waals surface area contributed by atoms with Gasteiger partial charge in [0.05, 0.1) is 19.1 Å². The first kappa shape index (κ1) is 14.1. The van der Waals surface area contributed by atoms with Crippen molar-refractivity contribution in [1.82, 2.24) is 4.90 Å². The summed E-state index contributed by atoms with van der Waals surface area (Å²) >= 11 is 0. The molecule has 0 aliphatic carbocycles. The summed E-state index contributed by atoms with van der Waals surface area (Å²) < 4.78 is 4.75. The van der Waals surface area contributed by atoms with Crippen LogP contribution in [0.15, 0.2) is 30.5 Å². The minimum absolute atomic E-state index is 0.426. The molecule has 1 aliphatic heterocycles. The van der Waals surface area contributed by atoms with Crippen molar-refractivity contribution in [1.29, 1.82) is 0 Å². The maximum atomic E-state index is 11.9. The number of fused-ring (bicyclic) bond motifs is 1. The molecule has 0 saturated heterocycles. The van der Waals surface area contributed by atoms with E-state index >= 15 is 0 Å². The van der Waals surface area contributed by atoms with Crippen LogP contribution >= 0.6 is 0 Å². The summed E-state index contributed by atoms with van der Waals surface area (Å²) in [5.41, 5.74) is 1.76. The molecule has 1 aromatic carbocycles. The lowest BCUT2D eigenvalue weighted by Crippen LogP contribution is -2.39. The number of methoxy groups -OCH3 is 1. The first-order chi connectivity index (χ1) is 9.60. The molecule has 1 amide bonds. The van der Waals surface area contributed by atoms with Gasteiger partial charge in [-0.2, -0.15) is 0 Å². The Kier molecular flexibility index (Phi) is 4.08. The third-order valence-corrected chi connectivity index (χ3v) is 3.55. The lowest BCUT2D eigenvalue weighted by molar-refractivity contribution is -0.143. The summed E-state index contributed by atoms with van der Waals surface area (Å²) in [6, 6.07) is 6.93. The summed E-state index contributed by atoms with van der Waals surface area (Å²) in [4.78, 5) is 24.7. The Morgan fingerprint density at radius 2 is 2.10 bits per heavy atom. The van der Waals surface area contributed by atoms with Gasteiger partial charge in [0.2, 0.25) is 0 Å². The van der Waals surface area contributed by atoms with E-state index in [-0.39, 0.29) is 0 Å². The van der Waals surface area contributed by atoms with Gasteiger partial charge in [0, 0.05) is 6.20 Å². The van der Waals surface area contributed by atoms with Crippen molar-refractivity contribution >= 4 is 18.1 Å². The van der Waals surface area contributed by atoms with Gasteiger partial charge in [0.25, 0.3) is 0 Å². The largest absolute Gasteiger partial charge is 0.481 e. The van der Waals surface area contributed by atoms with Crippen LogP contribution in [-0.4, -0.2) is 29.2 Å². The second-order valence-electron chi connectivity index (χ2n) is 4.62. The highest BCUT2D eigenvalue weighted by Gasteiger charge is 2.37. The molecule has 1 aliphatic rings. The molecule has 1 heterocycles. The SMILES string of the molecule is CCC(C(=O)O)C1c2ccccc2C=CN1C(=O)OC.